The van der Waals surface area contributed by atoms with Gasteiger partial charge < -0.3 is 19.9 Å². The van der Waals surface area contributed by atoms with E-state index >= 15 is 0 Å². The number of benzene rings is 1. The van der Waals surface area contributed by atoms with Gasteiger partial charge in [-0.1, -0.05) is 51.1 Å². The molecule has 0 bridgehead atoms. The van der Waals surface area contributed by atoms with Gasteiger partial charge in [-0.3, -0.25) is 4.79 Å². The highest BCUT2D eigenvalue weighted by Gasteiger charge is 2.39. The number of nitrogens with two attached hydrogens (primary N) is 1. The van der Waals surface area contributed by atoms with E-state index in [4.69, 9.17) is 15.5 Å². The maximum atomic E-state index is 14.5. The van der Waals surface area contributed by atoms with Crippen LogP contribution in [0.4, 0.5) is 4.39 Å². The van der Waals surface area contributed by atoms with Crippen molar-refractivity contribution >= 4 is 17.2 Å². The number of carbonyl (C=O) groups is 1. The average molecular weight is 474 g/mol. The first kappa shape index (κ1) is 25.0. The molecule has 0 spiro atoms. The van der Waals surface area contributed by atoms with Gasteiger partial charge in [0.2, 0.25) is 5.91 Å². The number of aromatic nitrogens is 3. The molecule has 0 saturated heterocycles. The van der Waals surface area contributed by atoms with Crippen molar-refractivity contribution in [3.63, 3.8) is 0 Å². The predicted molar refractivity (Wildman–Crippen MR) is 129 cm³/mol. The van der Waals surface area contributed by atoms with Crippen LogP contribution in [-0.4, -0.2) is 58.3 Å². The van der Waals surface area contributed by atoms with Gasteiger partial charge in [0.05, 0.1) is 12.6 Å². The van der Waals surface area contributed by atoms with Crippen LogP contribution in [0.1, 0.15) is 38.2 Å². The van der Waals surface area contributed by atoms with Crippen LogP contribution in [0.15, 0.2) is 48.1 Å². The Morgan fingerprint density at radius 2 is 2.03 bits per heavy atom. The third-order valence-corrected chi connectivity index (χ3v) is 6.07. The fourth-order valence-corrected chi connectivity index (χ4v) is 4.44. The lowest BCUT2D eigenvalue weighted by Gasteiger charge is -2.40. The van der Waals surface area contributed by atoms with E-state index in [2.05, 4.69) is 4.98 Å². The van der Waals surface area contributed by atoms with Crippen molar-refractivity contribution < 1.29 is 13.9 Å². The highest BCUT2D eigenvalue weighted by atomic mass is 32.1. The number of rotatable bonds is 10. The van der Waals surface area contributed by atoms with Gasteiger partial charge in [-0.25, -0.2) is 14.4 Å². The van der Waals surface area contributed by atoms with E-state index in [0.29, 0.717) is 12.4 Å². The second-order valence-electron chi connectivity index (χ2n) is 9.02. The average Bonchev–Trinajstić information content (AvgIpc) is 3.44. The monoisotopic (exact) mass is 473 g/mol. The minimum absolute atomic E-state index is 0.134. The van der Waals surface area contributed by atoms with Crippen molar-refractivity contribution in [2.75, 3.05) is 26.8 Å². The van der Waals surface area contributed by atoms with Gasteiger partial charge in [0, 0.05) is 38.0 Å². The smallest absolute Gasteiger partial charge is 0.249 e. The Bertz CT molecular complexity index is 1020. The number of thiazole rings is 1. The molecule has 1 unspecified atom stereocenters. The molecule has 1 amide bonds. The molecule has 0 fully saturated rings. The quantitative estimate of drug-likeness (QED) is 0.482. The summed E-state index contributed by atoms with van der Waals surface area (Å²) in [5, 5.41) is 2.69. The summed E-state index contributed by atoms with van der Waals surface area (Å²) in [6.07, 6.45) is 2.33. The zero-order chi connectivity index (χ0) is 24.0. The number of nitrogens with zero attached hydrogens (tertiary/aromatic N) is 4. The second-order valence-corrected chi connectivity index (χ2v) is 9.91. The number of ether oxygens (including phenoxy) is 1. The number of halogens is 1. The molecule has 2 N–H and O–H groups in total. The van der Waals surface area contributed by atoms with Crippen molar-refractivity contribution in [2.24, 2.45) is 11.1 Å². The molecule has 2 heterocycles. The molecule has 1 aromatic carbocycles. The SMILES string of the molecule is COCC(=O)N(CC(F)CN)[C@@H](c1nc(-c2nccs2)cn1Cc1ccccc1)C(C)(C)C. The zero-order valence-electron chi connectivity index (χ0n) is 19.6. The van der Waals surface area contributed by atoms with Gasteiger partial charge in [-0.15, -0.1) is 11.3 Å². The highest BCUT2D eigenvalue weighted by Crippen LogP contribution is 2.39. The van der Waals surface area contributed by atoms with E-state index in [1.54, 1.807) is 6.20 Å². The molecule has 3 aromatic rings. The van der Waals surface area contributed by atoms with Crippen LogP contribution >= 0.6 is 11.3 Å². The lowest BCUT2D eigenvalue weighted by Crippen LogP contribution is -2.47. The summed E-state index contributed by atoms with van der Waals surface area (Å²) in [5.74, 6) is 0.365. The van der Waals surface area contributed by atoms with Crippen molar-refractivity contribution in [1.82, 2.24) is 19.4 Å². The van der Waals surface area contributed by atoms with Crippen LogP contribution in [0.3, 0.4) is 0 Å². The van der Waals surface area contributed by atoms with Crippen LogP contribution in [0, 0.1) is 5.41 Å². The first-order valence-electron chi connectivity index (χ1n) is 10.9. The first-order chi connectivity index (χ1) is 15.7. The summed E-state index contributed by atoms with van der Waals surface area (Å²) in [7, 11) is 1.45. The summed E-state index contributed by atoms with van der Waals surface area (Å²) in [4.78, 5) is 24.0. The fourth-order valence-electron chi connectivity index (χ4n) is 3.85. The molecule has 3 rings (SSSR count). The van der Waals surface area contributed by atoms with E-state index in [1.807, 2.05) is 67.2 Å². The predicted octanol–water partition coefficient (Wildman–Crippen LogP) is 3.91. The van der Waals surface area contributed by atoms with Gasteiger partial charge in [0.25, 0.3) is 0 Å². The Kier molecular flexibility index (Phi) is 8.34. The van der Waals surface area contributed by atoms with Gasteiger partial charge >= 0.3 is 0 Å². The van der Waals surface area contributed by atoms with Crippen LogP contribution in [0.25, 0.3) is 10.7 Å². The Morgan fingerprint density at radius 1 is 1.30 bits per heavy atom. The third kappa shape index (κ3) is 6.25. The Balaban J connectivity index is 2.14. The normalized spacial score (nSPS) is 13.6. The topological polar surface area (TPSA) is 86.3 Å². The lowest BCUT2D eigenvalue weighted by atomic mass is 9.84. The zero-order valence-corrected chi connectivity index (χ0v) is 20.4. The molecule has 2 aromatic heterocycles. The fraction of sp³-hybridized carbons (Fsp3) is 0.458. The lowest BCUT2D eigenvalue weighted by molar-refractivity contribution is -0.141. The summed E-state index contributed by atoms with van der Waals surface area (Å²) in [6, 6.07) is 9.51. The van der Waals surface area contributed by atoms with Crippen molar-refractivity contribution in [2.45, 2.75) is 39.5 Å². The highest BCUT2D eigenvalue weighted by molar-refractivity contribution is 7.13. The molecule has 0 radical (unpaired) electrons. The number of hydrogen-bond donors (Lipinski definition) is 1. The molecule has 0 saturated carbocycles. The maximum Gasteiger partial charge on any atom is 0.249 e. The summed E-state index contributed by atoms with van der Waals surface area (Å²) >= 11 is 1.50. The molecule has 178 valence electrons. The standard InChI is InChI=1S/C24H32FN5O2S/c1-24(2,3)21(30(14-18(25)12-26)20(31)16-32-4)22-28-19(23-27-10-11-33-23)15-29(22)13-17-8-6-5-7-9-17/h5-11,15,18,21H,12-14,16,26H2,1-4H3/t18?,21-/m0/s1. The van der Waals surface area contributed by atoms with Crippen LogP contribution in [-0.2, 0) is 16.1 Å². The van der Waals surface area contributed by atoms with Crippen molar-refractivity contribution in [3.05, 3.63) is 59.5 Å². The summed E-state index contributed by atoms with van der Waals surface area (Å²) in [6.45, 7) is 6.16. The Morgan fingerprint density at radius 3 is 2.61 bits per heavy atom. The molecule has 33 heavy (non-hydrogen) atoms. The number of alkyl halides is 1. The molecule has 7 nitrogen and oxygen atoms in total. The second kappa shape index (κ2) is 11.0. The summed E-state index contributed by atoms with van der Waals surface area (Å²) in [5.41, 5.74) is 6.94. The molecular weight excluding hydrogens is 441 g/mol. The minimum Gasteiger partial charge on any atom is -0.375 e. The van der Waals surface area contributed by atoms with E-state index in [0.717, 1.165) is 16.3 Å². The molecule has 0 aliphatic rings. The van der Waals surface area contributed by atoms with Gasteiger partial charge in [-0.2, -0.15) is 0 Å². The van der Waals surface area contributed by atoms with Crippen LogP contribution in [0.5, 0.6) is 0 Å². The summed E-state index contributed by atoms with van der Waals surface area (Å²) < 4.78 is 21.7. The number of carbonyl (C=O) groups excluding carboxylic acids is 1. The van der Waals surface area contributed by atoms with E-state index in [-0.39, 0.29) is 25.6 Å². The van der Waals surface area contributed by atoms with Gasteiger partial charge in [0.15, 0.2) is 0 Å². The van der Waals surface area contributed by atoms with E-state index in [9.17, 15) is 9.18 Å². The molecule has 2 atom stereocenters. The number of hydrogen-bond acceptors (Lipinski definition) is 6. The molecule has 9 heteroatoms. The van der Waals surface area contributed by atoms with E-state index in [1.165, 1.54) is 23.3 Å². The van der Waals surface area contributed by atoms with Gasteiger partial charge in [-0.05, 0) is 11.0 Å². The van der Waals surface area contributed by atoms with E-state index < -0.39 is 17.6 Å². The Hall–Kier alpha value is -2.62. The number of imidazole rings is 1. The Labute approximate surface area is 198 Å². The van der Waals surface area contributed by atoms with Crippen molar-refractivity contribution in [1.29, 1.82) is 0 Å². The molecular formula is C24H32FN5O2S. The largest absolute Gasteiger partial charge is 0.375 e. The molecule has 0 aliphatic carbocycles. The van der Waals surface area contributed by atoms with Crippen LogP contribution < -0.4 is 5.73 Å². The third-order valence-electron chi connectivity index (χ3n) is 5.27. The number of amides is 1. The van der Waals surface area contributed by atoms with Crippen LogP contribution in [0.2, 0.25) is 0 Å². The first-order valence-corrected chi connectivity index (χ1v) is 11.8. The van der Waals surface area contributed by atoms with Crippen molar-refractivity contribution in [3.8, 4) is 10.7 Å². The van der Waals surface area contributed by atoms with Gasteiger partial charge in [0.1, 0.15) is 29.3 Å². The number of methoxy groups -OCH3 is 1. The maximum absolute atomic E-state index is 14.5. The molecule has 0 aliphatic heterocycles. The minimum atomic E-state index is -1.35.